The molecule has 6 N–H and O–H groups in total. The Kier molecular flexibility index (Phi) is 8.96. The van der Waals surface area contributed by atoms with Gasteiger partial charge < -0.3 is 11.1 Å². The maximum atomic E-state index is 12.4. The molecule has 0 bridgehead atoms. The third kappa shape index (κ3) is 6.72. The summed E-state index contributed by atoms with van der Waals surface area (Å²) in [7, 11) is -7.22. The van der Waals surface area contributed by atoms with Gasteiger partial charge in [0.1, 0.15) is 9.79 Å². The van der Waals surface area contributed by atoms with Crippen molar-refractivity contribution in [3.05, 3.63) is 42.2 Å². The maximum Gasteiger partial charge on any atom is 0.244 e. The number of nitrogen functional groups attached to an aromatic ring is 1. The van der Waals surface area contributed by atoms with E-state index in [0.717, 1.165) is 21.8 Å². The molecule has 0 saturated heterocycles. The van der Waals surface area contributed by atoms with Gasteiger partial charge in [-0.15, -0.1) is 0 Å². The van der Waals surface area contributed by atoms with Crippen molar-refractivity contribution in [2.24, 2.45) is 11.1 Å². The van der Waals surface area contributed by atoms with E-state index in [2.05, 4.69) is 73.8 Å². The molecule has 0 aromatic heterocycles. The maximum absolute atomic E-state index is 12.4. The second-order valence-electron chi connectivity index (χ2n) is 7.75. The standard InChI is InChI=1S/C13H16Br2N2O2S.C6H6Br2N2O2S/c14-9-6-10(15)12-11(7-9)20(18,19)17-13(16-12)8-4-2-1-3-5-8;7-3-1-4(8)6(9)5(2-3)13(10,11)12/h6-8,13,16-17H,1-5H2;1-2H,9H2,(H2,10,11,12). The van der Waals surface area contributed by atoms with Crippen LogP contribution in [0.4, 0.5) is 11.4 Å². The van der Waals surface area contributed by atoms with Gasteiger partial charge in [-0.2, -0.15) is 4.72 Å². The first-order chi connectivity index (χ1) is 15.3. The average Bonchev–Trinajstić information content (AvgIpc) is 2.71. The number of primary sulfonamides is 1. The molecule has 2 aromatic carbocycles. The molecular formula is C19H22Br4N4O4S2. The fraction of sp³-hybridized carbons (Fsp3) is 0.368. The Labute approximate surface area is 227 Å². The smallest absolute Gasteiger partial charge is 0.244 e. The minimum Gasteiger partial charge on any atom is -0.397 e. The van der Waals surface area contributed by atoms with E-state index in [1.807, 2.05) is 6.07 Å². The number of rotatable bonds is 2. The monoisotopic (exact) mass is 750 g/mol. The molecule has 1 saturated carbocycles. The quantitative estimate of drug-likeness (QED) is 0.308. The molecule has 8 nitrogen and oxygen atoms in total. The van der Waals surface area contributed by atoms with E-state index in [4.69, 9.17) is 10.9 Å². The van der Waals surface area contributed by atoms with E-state index in [1.165, 1.54) is 25.3 Å². The zero-order valence-corrected chi connectivity index (χ0v) is 25.1. The Bertz CT molecular complexity index is 1270. The molecule has 2 aromatic rings. The predicted octanol–water partition coefficient (Wildman–Crippen LogP) is 5.26. The Balaban J connectivity index is 0.000000205. The zero-order valence-electron chi connectivity index (χ0n) is 17.1. The molecule has 1 aliphatic carbocycles. The first-order valence-electron chi connectivity index (χ1n) is 9.85. The number of halogens is 4. The average molecular weight is 754 g/mol. The van der Waals surface area contributed by atoms with Gasteiger partial charge in [0.25, 0.3) is 0 Å². The lowest BCUT2D eigenvalue weighted by Crippen LogP contribution is -2.49. The third-order valence-corrected chi connectivity index (χ3v) is 9.99. The molecule has 182 valence electrons. The van der Waals surface area contributed by atoms with Crippen LogP contribution in [0.2, 0.25) is 0 Å². The second-order valence-corrected chi connectivity index (χ2v) is 14.5. The summed E-state index contributed by atoms with van der Waals surface area (Å²) in [4.78, 5) is 0.208. The highest BCUT2D eigenvalue weighted by atomic mass is 79.9. The molecule has 33 heavy (non-hydrogen) atoms. The minimum atomic E-state index is -3.76. The number of anilines is 2. The van der Waals surface area contributed by atoms with Crippen LogP contribution in [0.25, 0.3) is 0 Å². The van der Waals surface area contributed by atoms with Gasteiger partial charge in [-0.25, -0.2) is 22.0 Å². The highest BCUT2D eigenvalue weighted by Gasteiger charge is 2.35. The summed E-state index contributed by atoms with van der Waals surface area (Å²) in [5.41, 5.74) is 6.30. The topological polar surface area (TPSA) is 144 Å². The first-order valence-corrected chi connectivity index (χ1v) is 16.0. The van der Waals surface area contributed by atoms with Gasteiger partial charge in [0.05, 0.1) is 17.5 Å². The number of hydrogen-bond donors (Lipinski definition) is 4. The number of sulfonamides is 2. The normalized spacial score (nSPS) is 20.2. The molecule has 1 atom stereocenters. The third-order valence-electron chi connectivity index (χ3n) is 5.37. The van der Waals surface area contributed by atoms with Crippen molar-refractivity contribution in [3.63, 3.8) is 0 Å². The van der Waals surface area contributed by atoms with Crippen LogP contribution in [-0.2, 0) is 20.0 Å². The molecule has 0 amide bonds. The molecule has 0 spiro atoms. The van der Waals surface area contributed by atoms with Crippen LogP contribution in [0.3, 0.4) is 0 Å². The molecule has 2 aliphatic rings. The number of nitrogens with two attached hydrogens (primary N) is 2. The van der Waals surface area contributed by atoms with Crippen LogP contribution in [0.15, 0.2) is 51.9 Å². The molecule has 1 aliphatic heterocycles. The lowest BCUT2D eigenvalue weighted by Gasteiger charge is -2.36. The summed E-state index contributed by atoms with van der Waals surface area (Å²) in [6.07, 6.45) is 5.55. The lowest BCUT2D eigenvalue weighted by molar-refractivity contribution is 0.306. The molecule has 1 heterocycles. The van der Waals surface area contributed by atoms with E-state index in [9.17, 15) is 16.8 Å². The van der Waals surface area contributed by atoms with Gasteiger partial charge in [-0.1, -0.05) is 51.1 Å². The molecule has 1 unspecified atom stereocenters. The van der Waals surface area contributed by atoms with Crippen LogP contribution < -0.4 is 20.9 Å². The van der Waals surface area contributed by atoms with Gasteiger partial charge in [0, 0.05) is 17.9 Å². The van der Waals surface area contributed by atoms with Crippen LogP contribution >= 0.6 is 63.7 Å². The van der Waals surface area contributed by atoms with Gasteiger partial charge in [0.2, 0.25) is 20.0 Å². The van der Waals surface area contributed by atoms with Crippen molar-refractivity contribution in [3.8, 4) is 0 Å². The summed E-state index contributed by atoms with van der Waals surface area (Å²) < 4.78 is 52.3. The number of nitrogens with one attached hydrogen (secondary N) is 2. The van der Waals surface area contributed by atoms with E-state index >= 15 is 0 Å². The summed E-state index contributed by atoms with van der Waals surface area (Å²) >= 11 is 13.0. The van der Waals surface area contributed by atoms with E-state index in [0.29, 0.717) is 25.4 Å². The van der Waals surface area contributed by atoms with E-state index < -0.39 is 20.0 Å². The highest BCUT2D eigenvalue weighted by molar-refractivity contribution is 9.11. The molecular weight excluding hydrogens is 732 g/mol. The number of fused-ring (bicyclic) bond motifs is 1. The molecule has 0 radical (unpaired) electrons. The van der Waals surface area contributed by atoms with Gasteiger partial charge in [0.15, 0.2) is 0 Å². The van der Waals surface area contributed by atoms with Gasteiger partial charge in [-0.05, 0) is 74.9 Å². The van der Waals surface area contributed by atoms with Crippen molar-refractivity contribution in [1.29, 1.82) is 0 Å². The Morgan fingerprint density at radius 2 is 1.48 bits per heavy atom. The van der Waals surface area contributed by atoms with Crippen molar-refractivity contribution >= 4 is 95.1 Å². The zero-order chi connectivity index (χ0) is 24.6. The SMILES string of the molecule is Nc1c(Br)cc(Br)cc1S(N)(=O)=O.O=S1(=O)NC(C2CCCCC2)Nc2c(Br)cc(Br)cc21. The first kappa shape index (κ1) is 27.4. The van der Waals surface area contributed by atoms with Crippen LogP contribution in [0.1, 0.15) is 32.1 Å². The fourth-order valence-electron chi connectivity index (χ4n) is 3.80. The molecule has 4 rings (SSSR count). The number of benzene rings is 2. The largest absolute Gasteiger partial charge is 0.397 e. The minimum absolute atomic E-state index is 0.0891. The summed E-state index contributed by atoms with van der Waals surface area (Å²) in [6, 6.07) is 6.50. The van der Waals surface area contributed by atoms with Crippen LogP contribution in [0, 0.1) is 5.92 Å². The lowest BCUT2D eigenvalue weighted by atomic mass is 9.87. The molecule has 14 heteroatoms. The number of hydrogen-bond acceptors (Lipinski definition) is 6. The second kappa shape index (κ2) is 10.8. The van der Waals surface area contributed by atoms with Crippen molar-refractivity contribution in [2.45, 2.75) is 48.1 Å². The Morgan fingerprint density at radius 1 is 0.909 bits per heavy atom. The van der Waals surface area contributed by atoms with Gasteiger partial charge in [-0.3, -0.25) is 0 Å². The van der Waals surface area contributed by atoms with Crippen molar-refractivity contribution < 1.29 is 16.8 Å². The highest BCUT2D eigenvalue weighted by Crippen LogP contribution is 2.39. The summed E-state index contributed by atoms with van der Waals surface area (Å²) in [6.45, 7) is 0. The fourth-order valence-corrected chi connectivity index (χ4v) is 9.07. The van der Waals surface area contributed by atoms with Crippen LogP contribution in [0.5, 0.6) is 0 Å². The van der Waals surface area contributed by atoms with E-state index in [-0.39, 0.29) is 16.7 Å². The summed E-state index contributed by atoms with van der Waals surface area (Å²) in [5.74, 6) is 0.363. The van der Waals surface area contributed by atoms with Crippen molar-refractivity contribution in [1.82, 2.24) is 4.72 Å². The van der Waals surface area contributed by atoms with E-state index in [1.54, 1.807) is 12.1 Å². The predicted molar refractivity (Wildman–Crippen MR) is 144 cm³/mol. The van der Waals surface area contributed by atoms with Gasteiger partial charge >= 0.3 is 0 Å². The van der Waals surface area contributed by atoms with Crippen molar-refractivity contribution in [2.75, 3.05) is 11.1 Å². The Morgan fingerprint density at radius 3 is 2.09 bits per heavy atom. The van der Waals surface area contributed by atoms with Crippen LogP contribution in [-0.4, -0.2) is 23.0 Å². The Hall–Kier alpha value is -0.220. The molecule has 1 fully saturated rings. The summed E-state index contributed by atoms with van der Waals surface area (Å²) in [5, 5.41) is 8.31.